The lowest BCUT2D eigenvalue weighted by Crippen LogP contribution is -2.10. The third-order valence-corrected chi connectivity index (χ3v) is 9.18. The number of rotatable bonds is 25. The fourth-order valence-corrected chi connectivity index (χ4v) is 5.98. The normalized spacial score (nSPS) is 10.6. The van der Waals surface area contributed by atoms with Crippen LogP contribution in [-0.4, -0.2) is 23.9 Å². The van der Waals surface area contributed by atoms with Gasteiger partial charge in [0.1, 0.15) is 23.0 Å². The Morgan fingerprint density at radius 2 is 0.661 bits per heavy atom. The molecule has 0 N–H and O–H groups in total. The molecule has 0 unspecified atom stereocenters. The molecule has 8 heteroatoms. The number of benzene rings is 4. The van der Waals surface area contributed by atoms with Crippen LogP contribution in [0.2, 0.25) is 0 Å². The summed E-state index contributed by atoms with van der Waals surface area (Å²) in [6.45, 7) is 7.48. The minimum Gasteiger partial charge on any atom is -0.427 e. The molecule has 0 fully saturated rings. The Bertz CT molecular complexity index is 1690. The zero-order valence-corrected chi connectivity index (χ0v) is 32.4. The molecule has 0 aliphatic heterocycles. The zero-order chi connectivity index (χ0) is 39.8. The highest BCUT2D eigenvalue weighted by Crippen LogP contribution is 2.26. The van der Waals surface area contributed by atoms with Crippen molar-refractivity contribution in [3.63, 3.8) is 0 Å². The first-order chi connectivity index (χ1) is 27.3. The molecule has 0 aromatic heterocycles. The van der Waals surface area contributed by atoms with Gasteiger partial charge in [0.2, 0.25) is 0 Å². The summed E-state index contributed by atoms with van der Waals surface area (Å²) in [5, 5.41) is 0. The molecule has 56 heavy (non-hydrogen) atoms. The Balaban J connectivity index is 1.15. The van der Waals surface area contributed by atoms with Gasteiger partial charge in [0, 0.05) is 12.8 Å². The molecule has 4 aromatic carbocycles. The van der Waals surface area contributed by atoms with Crippen molar-refractivity contribution in [2.45, 2.75) is 103 Å². The fraction of sp³-hybridized carbons (Fsp3) is 0.333. The van der Waals surface area contributed by atoms with E-state index >= 15 is 0 Å². The highest BCUT2D eigenvalue weighted by atomic mass is 16.5. The predicted octanol–water partition coefficient (Wildman–Crippen LogP) is 12.2. The van der Waals surface area contributed by atoms with E-state index in [4.69, 9.17) is 18.9 Å². The van der Waals surface area contributed by atoms with Crippen molar-refractivity contribution >= 4 is 23.9 Å². The summed E-state index contributed by atoms with van der Waals surface area (Å²) in [6.07, 6.45) is 19.5. The molecule has 0 saturated carbocycles. The maximum atomic E-state index is 12.8. The van der Waals surface area contributed by atoms with Gasteiger partial charge in [-0.3, -0.25) is 9.59 Å². The van der Waals surface area contributed by atoms with E-state index in [1.54, 1.807) is 72.8 Å². The molecule has 0 spiro atoms. The number of carbonyl (C=O) groups is 4. The Labute approximate surface area is 331 Å². The van der Waals surface area contributed by atoms with E-state index in [0.29, 0.717) is 47.0 Å². The molecule has 0 aliphatic rings. The number of allylic oxidation sites excluding steroid dienone is 2. The van der Waals surface area contributed by atoms with E-state index in [9.17, 15) is 19.2 Å². The molecule has 0 bridgehead atoms. The van der Waals surface area contributed by atoms with Crippen LogP contribution in [0.4, 0.5) is 0 Å². The predicted molar refractivity (Wildman–Crippen MR) is 220 cm³/mol. The van der Waals surface area contributed by atoms with E-state index in [1.807, 2.05) is 36.4 Å². The monoisotopic (exact) mass is 758 g/mol. The molecular weight excluding hydrogens is 705 g/mol. The highest BCUT2D eigenvalue weighted by molar-refractivity contribution is 5.92. The molecule has 4 rings (SSSR count). The lowest BCUT2D eigenvalue weighted by molar-refractivity contribution is -0.135. The molecule has 0 saturated heterocycles. The van der Waals surface area contributed by atoms with Crippen molar-refractivity contribution < 1.29 is 38.1 Å². The first kappa shape index (κ1) is 43.0. The van der Waals surface area contributed by atoms with Crippen molar-refractivity contribution in [1.82, 2.24) is 0 Å². The number of hydrogen-bond donors (Lipinski definition) is 0. The summed E-state index contributed by atoms with van der Waals surface area (Å²) in [7, 11) is 0. The minimum absolute atomic E-state index is 0.284. The van der Waals surface area contributed by atoms with Gasteiger partial charge in [-0.1, -0.05) is 87.8 Å². The Kier molecular flexibility index (Phi) is 18.9. The van der Waals surface area contributed by atoms with Crippen LogP contribution in [0.25, 0.3) is 11.1 Å². The summed E-state index contributed by atoms with van der Waals surface area (Å²) in [4.78, 5) is 50.0. The van der Waals surface area contributed by atoms with Gasteiger partial charge in [-0.25, -0.2) is 9.59 Å². The summed E-state index contributed by atoms with van der Waals surface area (Å²) in [6, 6.07) is 26.8. The smallest absolute Gasteiger partial charge is 0.343 e. The SMILES string of the molecule is C=CCCCCCCCCC(=O)Oc1ccc(C(=O)Oc2ccc(-c3ccc(OC(=O)c4ccc(OC(=O)CCCCCCCCC=C)cc4)cc3)cc2)cc1. The van der Waals surface area contributed by atoms with Gasteiger partial charge < -0.3 is 18.9 Å². The van der Waals surface area contributed by atoms with Crippen LogP contribution in [0, 0.1) is 0 Å². The van der Waals surface area contributed by atoms with Gasteiger partial charge in [0.25, 0.3) is 0 Å². The third-order valence-electron chi connectivity index (χ3n) is 9.18. The van der Waals surface area contributed by atoms with Crippen molar-refractivity contribution in [2.75, 3.05) is 0 Å². The number of hydrogen-bond acceptors (Lipinski definition) is 8. The number of carbonyl (C=O) groups excluding carboxylic acids is 4. The molecule has 8 nitrogen and oxygen atoms in total. The maximum absolute atomic E-state index is 12.8. The van der Waals surface area contributed by atoms with Crippen LogP contribution in [0.5, 0.6) is 23.0 Å². The van der Waals surface area contributed by atoms with Crippen molar-refractivity contribution in [2.24, 2.45) is 0 Å². The Morgan fingerprint density at radius 1 is 0.375 bits per heavy atom. The standard InChI is InChI=1S/C48H54O8/c1-3-5-7-9-11-13-15-17-19-45(49)53-41-33-25-39(26-34-41)47(51)55-43-29-21-37(22-30-43)38-23-31-44(32-24-38)56-48(52)40-27-35-42(36-28-40)54-46(50)20-18-16-14-12-10-8-6-4-2/h3-4,21-36H,1-2,5-20H2. The topological polar surface area (TPSA) is 105 Å². The highest BCUT2D eigenvalue weighted by Gasteiger charge is 2.13. The summed E-state index contributed by atoms with van der Waals surface area (Å²) in [5.74, 6) is -0.102. The largest absolute Gasteiger partial charge is 0.427 e. The maximum Gasteiger partial charge on any atom is 0.343 e. The van der Waals surface area contributed by atoms with E-state index in [1.165, 1.54) is 38.5 Å². The van der Waals surface area contributed by atoms with Gasteiger partial charge in [-0.15, -0.1) is 13.2 Å². The summed E-state index contributed by atoms with van der Waals surface area (Å²) < 4.78 is 21.9. The average Bonchev–Trinajstić information content (AvgIpc) is 3.21. The Morgan fingerprint density at radius 3 is 1.00 bits per heavy atom. The van der Waals surface area contributed by atoms with E-state index in [-0.39, 0.29) is 11.9 Å². The van der Waals surface area contributed by atoms with E-state index in [0.717, 1.165) is 62.5 Å². The fourth-order valence-electron chi connectivity index (χ4n) is 5.98. The number of unbranched alkanes of at least 4 members (excludes halogenated alkanes) is 12. The second-order valence-electron chi connectivity index (χ2n) is 13.7. The molecule has 0 radical (unpaired) electrons. The van der Waals surface area contributed by atoms with Crippen LogP contribution in [-0.2, 0) is 9.59 Å². The lowest BCUT2D eigenvalue weighted by Gasteiger charge is -2.09. The van der Waals surface area contributed by atoms with Crippen molar-refractivity contribution in [1.29, 1.82) is 0 Å². The molecule has 0 atom stereocenters. The van der Waals surface area contributed by atoms with Crippen LogP contribution < -0.4 is 18.9 Å². The molecule has 4 aromatic rings. The van der Waals surface area contributed by atoms with Gasteiger partial charge in [-0.2, -0.15) is 0 Å². The average molecular weight is 759 g/mol. The first-order valence-electron chi connectivity index (χ1n) is 19.8. The minimum atomic E-state index is -0.530. The molecule has 0 aliphatic carbocycles. The van der Waals surface area contributed by atoms with Gasteiger partial charge in [0.15, 0.2) is 0 Å². The van der Waals surface area contributed by atoms with E-state index < -0.39 is 11.9 Å². The van der Waals surface area contributed by atoms with Crippen molar-refractivity contribution in [3.05, 3.63) is 133 Å². The summed E-state index contributed by atoms with van der Waals surface area (Å²) >= 11 is 0. The van der Waals surface area contributed by atoms with Crippen LogP contribution in [0.3, 0.4) is 0 Å². The summed E-state index contributed by atoms with van der Waals surface area (Å²) in [5.41, 5.74) is 2.41. The molecular formula is C48H54O8. The van der Waals surface area contributed by atoms with Crippen molar-refractivity contribution in [3.8, 4) is 34.1 Å². The second kappa shape index (κ2) is 24.6. The lowest BCUT2D eigenvalue weighted by atomic mass is 10.1. The van der Waals surface area contributed by atoms with Crippen LogP contribution in [0.15, 0.2) is 122 Å². The Hall–Kier alpha value is -5.76. The second-order valence-corrected chi connectivity index (χ2v) is 13.7. The number of esters is 4. The third kappa shape index (κ3) is 15.9. The molecule has 0 amide bonds. The van der Waals surface area contributed by atoms with Gasteiger partial charge >= 0.3 is 23.9 Å². The van der Waals surface area contributed by atoms with E-state index in [2.05, 4.69) is 13.2 Å². The zero-order valence-electron chi connectivity index (χ0n) is 32.4. The quantitative estimate of drug-likeness (QED) is 0.0285. The van der Waals surface area contributed by atoms with Crippen LogP contribution >= 0.6 is 0 Å². The molecule has 0 heterocycles. The van der Waals surface area contributed by atoms with Crippen LogP contribution in [0.1, 0.15) is 123 Å². The van der Waals surface area contributed by atoms with Gasteiger partial charge in [0.05, 0.1) is 11.1 Å². The molecule has 294 valence electrons. The first-order valence-corrected chi connectivity index (χ1v) is 19.8. The van der Waals surface area contributed by atoms with Gasteiger partial charge in [-0.05, 0) is 122 Å². The number of ether oxygens (including phenoxy) is 4.